The van der Waals surface area contributed by atoms with Gasteiger partial charge in [-0.2, -0.15) is 0 Å². The van der Waals surface area contributed by atoms with E-state index < -0.39 is 6.51 Å². The van der Waals surface area contributed by atoms with Crippen LogP contribution in [0.25, 0.3) is 0 Å². The Bertz CT molecular complexity index is 960. The van der Waals surface area contributed by atoms with Crippen molar-refractivity contribution in [3.05, 3.63) is 0 Å². The number of hydrogen-bond acceptors (Lipinski definition) is 2. The van der Waals surface area contributed by atoms with Gasteiger partial charge in [-0.15, -0.1) is 0 Å². The maximum absolute atomic E-state index is 8.92. The topological polar surface area (TPSA) is 29.5 Å². The fourth-order valence-electron chi connectivity index (χ4n) is 17.5. The molecule has 5 unspecified atom stereocenters. The van der Waals surface area contributed by atoms with Crippen LogP contribution in [0.3, 0.4) is 0 Å². The van der Waals surface area contributed by atoms with Gasteiger partial charge in [-0.05, 0) is 0 Å². The van der Waals surface area contributed by atoms with E-state index >= 15 is 0 Å². The van der Waals surface area contributed by atoms with E-state index in [9.17, 15) is 0 Å². The zero-order chi connectivity index (χ0) is 11.5. The standard InChI is InChI=1S/C9H12IO2.C5H5.Fe/c10-9-4-1-3-8(9)7-12-6-2-5-11;1-2-4-5-3-1;/h1,3-4,11H,2,5-7H2;1-5H;. The third-order valence-corrected chi connectivity index (χ3v) is 69.2. The van der Waals surface area contributed by atoms with Gasteiger partial charge in [0.25, 0.3) is 0 Å². The molecule has 0 aliphatic carbocycles. The van der Waals surface area contributed by atoms with Crippen LogP contribution in [-0.4, -0.2) is 27.2 Å². The van der Waals surface area contributed by atoms with E-state index in [2.05, 4.69) is 22.6 Å². The first-order chi connectivity index (χ1) is 8.50. The van der Waals surface area contributed by atoms with Crippen LogP contribution in [0, 0.1) is 0 Å². The molecule has 10 fully saturated rings. The molecule has 1 N–H and O–H groups in total. The molecule has 0 bridgehead atoms. The van der Waals surface area contributed by atoms with E-state index in [-0.39, 0.29) is 0 Å². The van der Waals surface area contributed by atoms with Gasteiger partial charge < -0.3 is 0 Å². The zero-order valence-corrected chi connectivity index (χ0v) is 13.3. The van der Waals surface area contributed by atoms with E-state index in [1.54, 1.807) is 0 Å². The summed E-state index contributed by atoms with van der Waals surface area (Å²) in [6.07, 6.45) is 0.844. The number of alkyl halides is 1. The average molecular weight is 400 g/mol. The molecule has 0 aromatic heterocycles. The van der Waals surface area contributed by atoms with Crippen molar-refractivity contribution in [3.8, 4) is 0 Å². The van der Waals surface area contributed by atoms with E-state index in [1.165, 1.54) is 38.5 Å². The van der Waals surface area contributed by atoms with Crippen molar-refractivity contribution in [1.29, 1.82) is 0 Å². The Hall–Kier alpha value is 1.17. The Kier molecular flexibility index (Phi) is 0.312. The Labute approximate surface area is 110 Å². The van der Waals surface area contributed by atoms with Crippen LogP contribution in [0.5, 0.6) is 0 Å². The number of ether oxygens (including phenoxy) is 1. The molecule has 10 heterocycles. The minimum atomic E-state index is -2.97. The van der Waals surface area contributed by atoms with E-state index in [4.69, 9.17) is 9.84 Å². The third kappa shape index (κ3) is 0.0812. The Morgan fingerprint density at radius 3 is 2.06 bits per heavy atom. The van der Waals surface area contributed by atoms with Gasteiger partial charge in [-0.1, -0.05) is 0 Å². The number of rotatable bonds is 5. The Morgan fingerprint density at radius 1 is 1.06 bits per heavy atom. The normalized spacial score (nSPS) is 117. The van der Waals surface area contributed by atoms with Gasteiger partial charge in [0, 0.05) is 0 Å². The third-order valence-electron chi connectivity index (χ3n) is 15.8. The van der Waals surface area contributed by atoms with Crippen molar-refractivity contribution in [2.45, 2.75) is 51.6 Å². The van der Waals surface area contributed by atoms with Crippen LogP contribution in [0.2, 0.25) is 42.8 Å². The minimum absolute atomic E-state index is 0.298. The Balaban J connectivity index is 1.33. The van der Waals surface area contributed by atoms with Gasteiger partial charge in [0.2, 0.25) is 0 Å². The molecular formula is C14H17FeIO2. The molecule has 10 rings (SSSR count). The molecule has 0 aromatic rings. The molecule has 10 saturated heterocycles. The van der Waals surface area contributed by atoms with Crippen molar-refractivity contribution in [2.24, 2.45) is 0 Å². The van der Waals surface area contributed by atoms with Crippen molar-refractivity contribution in [1.82, 2.24) is 0 Å². The zero-order valence-electron chi connectivity index (χ0n) is 10.0. The number of halogens is 1. The van der Waals surface area contributed by atoms with Gasteiger partial charge in [0.05, 0.1) is 0 Å². The quantitative estimate of drug-likeness (QED) is 0.332. The second-order valence-electron chi connectivity index (χ2n) is 10.9. The van der Waals surface area contributed by atoms with Crippen molar-refractivity contribution < 1.29 is 16.4 Å². The molecule has 0 radical (unpaired) electrons. The van der Waals surface area contributed by atoms with Gasteiger partial charge in [-0.3, -0.25) is 0 Å². The van der Waals surface area contributed by atoms with Crippen LogP contribution < -0.4 is 0 Å². The van der Waals surface area contributed by atoms with Gasteiger partial charge in [0.1, 0.15) is 0 Å². The van der Waals surface area contributed by atoms with Crippen molar-refractivity contribution in [2.75, 3.05) is 19.8 Å². The molecule has 0 aromatic carbocycles. The van der Waals surface area contributed by atoms with Crippen LogP contribution in [-0.2, 0) is 11.2 Å². The number of fused-ring (bicyclic) bond motifs is 10. The summed E-state index contributed by atoms with van der Waals surface area (Å²) in [6, 6.07) is 0. The summed E-state index contributed by atoms with van der Waals surface area (Å²) in [5, 5.41) is 8.92. The molecule has 2 nitrogen and oxygen atoms in total. The molecule has 10 aliphatic rings. The number of aliphatic hydroxyl groups is 1. The molecule has 0 saturated carbocycles. The SMILES string of the molecule is OCCCOC[C]12[CH]3[CH]4[CH]5[C]1(I)[Fe]45321678[CH]2[CH]1[CH]6[CH]7[CH]28. The fourth-order valence-corrected chi connectivity index (χ4v) is 110. The summed E-state index contributed by atoms with van der Waals surface area (Å²) in [6.45, 7) is -0.708. The molecular weight excluding hydrogens is 383 g/mol. The first-order valence-corrected chi connectivity index (χ1v) is 14.9. The van der Waals surface area contributed by atoms with Gasteiger partial charge in [0.15, 0.2) is 0 Å². The van der Waals surface area contributed by atoms with Crippen molar-refractivity contribution in [3.63, 3.8) is 0 Å². The fraction of sp³-hybridized carbons (Fsp3) is 1.00. The number of aliphatic hydroxyl groups excluding tert-OH is 1. The summed E-state index contributed by atoms with van der Waals surface area (Å²) in [5.74, 6) is 0. The van der Waals surface area contributed by atoms with Crippen molar-refractivity contribution >= 4 is 22.6 Å². The molecule has 4 heteroatoms. The summed E-state index contributed by atoms with van der Waals surface area (Å²) < 4.78 is 7.92. The van der Waals surface area contributed by atoms with E-state index in [1.807, 2.05) is 0 Å². The van der Waals surface area contributed by atoms with Crippen LogP contribution in [0.4, 0.5) is 0 Å². The predicted molar refractivity (Wildman–Crippen MR) is 72.0 cm³/mol. The summed E-state index contributed by atoms with van der Waals surface area (Å²) in [5.41, 5.74) is 0. The predicted octanol–water partition coefficient (Wildman–Crippen LogP) is 3.49. The average Bonchev–Trinajstić information content (AvgIpc) is 3.30. The molecule has 5 atom stereocenters. The van der Waals surface area contributed by atoms with Crippen LogP contribution >= 0.6 is 22.6 Å². The molecule has 1 spiro atoms. The summed E-state index contributed by atoms with van der Waals surface area (Å²) in [7, 11) is 0. The van der Waals surface area contributed by atoms with Crippen LogP contribution in [0.15, 0.2) is 0 Å². The summed E-state index contributed by atoms with van der Waals surface area (Å²) in [4.78, 5) is 11.1. The van der Waals surface area contributed by atoms with Crippen LogP contribution in [0.1, 0.15) is 6.42 Å². The van der Waals surface area contributed by atoms with Gasteiger partial charge in [-0.25, -0.2) is 0 Å². The second kappa shape index (κ2) is 0.705. The first kappa shape index (κ1) is 7.98. The maximum atomic E-state index is 8.92. The van der Waals surface area contributed by atoms with Gasteiger partial charge >= 0.3 is 110 Å². The monoisotopic (exact) mass is 400 g/mol. The number of hydrogen-bond donors (Lipinski definition) is 1. The van der Waals surface area contributed by atoms with E-state index in [0.29, 0.717) is 6.61 Å². The second-order valence-corrected chi connectivity index (χ2v) is 36.9. The molecule has 10 aliphatic heterocycles. The molecule has 100 valence electrons. The summed E-state index contributed by atoms with van der Waals surface area (Å²) >= 11 is 3.04. The Morgan fingerprint density at radius 2 is 1.72 bits per heavy atom. The molecule has 0 amide bonds. The molecule has 18 heavy (non-hydrogen) atoms. The van der Waals surface area contributed by atoms with E-state index in [0.717, 1.165) is 26.3 Å². The first-order valence-electron chi connectivity index (χ1n) is 7.58.